The van der Waals surface area contributed by atoms with Crippen molar-refractivity contribution in [2.45, 2.75) is 291 Å². The number of carbonyl (C=O) groups is 7. The van der Waals surface area contributed by atoms with Crippen molar-refractivity contribution in [1.29, 1.82) is 0 Å². The Kier molecular flexibility index (Phi) is 50.1. The van der Waals surface area contributed by atoms with E-state index in [-0.39, 0.29) is 151 Å². The summed E-state index contributed by atoms with van der Waals surface area (Å²) in [5.74, 6) is 1.80. The maximum atomic E-state index is 13.1. The first kappa shape index (κ1) is 120. The normalized spacial score (nSPS) is 26.0. The van der Waals surface area contributed by atoms with Crippen molar-refractivity contribution >= 4 is 41.2 Å². The predicted molar refractivity (Wildman–Crippen MR) is 568 cm³/mol. The third kappa shape index (κ3) is 40.8. The van der Waals surface area contributed by atoms with Crippen LogP contribution in [-0.2, 0) is 49.6 Å². The zero-order valence-electron chi connectivity index (χ0n) is 87.3. The van der Waals surface area contributed by atoms with Gasteiger partial charge in [-0.3, -0.25) is 48.4 Å². The second-order valence-corrected chi connectivity index (χ2v) is 42.4. The van der Waals surface area contributed by atoms with Crippen LogP contribution in [0.4, 0.5) is 4.79 Å². The number of methoxy groups -OCH3 is 3. The molecular weight excluding hydrogens is 1810 g/mol. The molecule has 0 saturated carbocycles. The molecule has 0 spiro atoms. The number of ketones is 3. The Bertz CT molecular complexity index is 4560. The monoisotopic (exact) mass is 1990 g/mol. The van der Waals surface area contributed by atoms with Crippen LogP contribution in [0.3, 0.4) is 0 Å². The van der Waals surface area contributed by atoms with Gasteiger partial charge in [0.25, 0.3) is 0 Å². The largest absolute Gasteiger partial charge is 0.496 e. The third-order valence-corrected chi connectivity index (χ3v) is 28.0. The molecule has 0 radical (unpaired) electrons. The van der Waals surface area contributed by atoms with Crippen LogP contribution >= 0.6 is 0 Å². The summed E-state index contributed by atoms with van der Waals surface area (Å²) in [5, 5.41) is 9.61. The molecule has 8 fully saturated rings. The molecule has 8 heterocycles. The number of aryl methyl sites for hydroxylation is 2. The molecule has 143 heavy (non-hydrogen) atoms. The second kappa shape index (κ2) is 60.0. The molecule has 0 aromatic heterocycles. The number of rotatable bonds is 32. The number of benzene rings is 5. The first-order valence-corrected chi connectivity index (χ1v) is 52.0. The van der Waals surface area contributed by atoms with Gasteiger partial charge < -0.3 is 135 Å². The lowest BCUT2D eigenvalue weighted by molar-refractivity contribution is -0.138. The molecule has 20 atom stereocenters. The van der Waals surface area contributed by atoms with Gasteiger partial charge in [-0.15, -0.1) is 0 Å². The number of hydrogen-bond donors (Lipinski definition) is 17. The highest BCUT2D eigenvalue weighted by molar-refractivity contribution is 5.99. The Hall–Kier alpha value is -8.65. The summed E-state index contributed by atoms with van der Waals surface area (Å²) in [4.78, 5) is 104. The highest BCUT2D eigenvalue weighted by Crippen LogP contribution is 2.32. The SMILES string of the molecule is CC(=O)[C@@H](Cc1ccccc1)N1C[C@H](N)C[C@H](N)C1.CC(C)(C)OC(=O)N1C[C@H](N)C[C@H](N)C1.CC(O)c1ccc(C(=O)CC(CCCCN)C(=O)N2C[C@H](N)C[C@H](N)C2)cc1.CCc1ccc(C(=O)CC(CCCCN)C(=O)N2C[C@H](N)C[C@H](N)C2)cc1.COc1ccc(CC(=O)N2C[C@H](N)C[C@H](N)C2)cc1C.COc1ccc(CCN2C[C@H](N3C[C@H](N)C[C@H](N)C3)C[C@H](N3C[C@H](N)C[C@H](N)C3)C2)cc1OC. The fraction of sp³-hybridized carbons (Fsp3) is 0.654. The van der Waals surface area contributed by atoms with Gasteiger partial charge in [0.15, 0.2) is 23.1 Å². The van der Waals surface area contributed by atoms with Gasteiger partial charge in [-0.2, -0.15) is 0 Å². The lowest BCUT2D eigenvalue weighted by Gasteiger charge is -2.50. The zero-order valence-corrected chi connectivity index (χ0v) is 87.3. The van der Waals surface area contributed by atoms with Gasteiger partial charge in [-0.05, 0) is 203 Å². The van der Waals surface area contributed by atoms with E-state index >= 15 is 0 Å². The topological polar surface area (TPSA) is 619 Å². The van der Waals surface area contributed by atoms with E-state index in [1.807, 2.05) is 94.4 Å². The molecule has 8 aliphatic heterocycles. The van der Waals surface area contributed by atoms with Crippen molar-refractivity contribution < 1.29 is 57.6 Å². The minimum absolute atomic E-state index is 0.00357. The lowest BCUT2D eigenvalue weighted by Crippen LogP contribution is -2.64. The molecule has 800 valence electrons. The number of carbonyl (C=O) groups excluding carboxylic acids is 7. The van der Waals surface area contributed by atoms with Crippen LogP contribution in [0, 0.1) is 18.8 Å². The van der Waals surface area contributed by atoms with Gasteiger partial charge in [0, 0.05) is 244 Å². The molecule has 4 amide bonds. The summed E-state index contributed by atoms with van der Waals surface area (Å²) in [7, 11) is 5.00. The van der Waals surface area contributed by atoms with Crippen molar-refractivity contribution in [2.24, 2.45) is 104 Å². The van der Waals surface area contributed by atoms with Crippen molar-refractivity contribution in [3.63, 3.8) is 0 Å². The Labute approximate surface area is 851 Å². The molecule has 5 aromatic rings. The second-order valence-electron chi connectivity index (χ2n) is 42.4. The van der Waals surface area contributed by atoms with Crippen molar-refractivity contribution in [3.05, 3.63) is 160 Å². The number of unbranched alkanes of at least 4 members (excludes halogenated alkanes) is 2. The Morgan fingerprint density at radius 2 is 0.797 bits per heavy atom. The number of Topliss-reactive ketones (excluding diaryl/α,β-unsaturated/α-hetero) is 3. The standard InChI is InChI=1S/C25H45N7O2.C21H34N4O3.C21H34N4O2.C15H23N3O2.C15H23N3O.C10H21N3O2/c1-33-24-4-3-17(7-25(24)34-2)5-6-30-15-22(31-11-18(26)8-19(27)12-31)10-23(16-30)32-13-20(28)9-21(29)14-32;1-14(26)15-5-7-16(8-6-15)20(27)10-17(4-2-3-9-22)21(28)25-12-18(23)11-19(24)13-25;1-2-15-6-8-16(9-7-15)20(26)11-17(5-3-4-10-22)21(27)25-13-18(23)12-19(24)14-25;1-10-5-11(3-4-14(10)20-2)6-15(19)18-8-12(16)7-13(17)9-18;1-11(19)15(7-12-5-3-2-4-6-12)18-9-13(16)8-14(17)10-18;1-10(2,3)15-9(14)13-5-7(11)4-8(12)6-13/h3-4,7,18-23H,5-6,8-16,26-29H2,1-2H3;5-8,14,17-19,26H,2-4,9-13,22-24H2,1H3;6-9,17-19H,2-5,10-14,22-24H2,1H3;3-5,12-13H,6-9,16-17H2,1-2H3;2-6,13-15H,7-10,16-17H2,1H3;7-8H,4-6,11-12H2,1-3H3/t18-,19+,20-,21+,22-,23+;14?,17?,18-,19+;17?,18-,19+;12-,13+;13-,14+,15-;7-,8+/m....1./s1. The molecule has 36 heteroatoms. The van der Waals surface area contributed by atoms with Gasteiger partial charge >= 0.3 is 6.09 Å². The number of amides is 4. The number of nitrogens with zero attached hydrogens (tertiary/aromatic N) is 8. The number of aliphatic hydroxyl groups is 1. The van der Waals surface area contributed by atoms with Gasteiger partial charge in [0.05, 0.1) is 39.9 Å². The Morgan fingerprint density at radius 1 is 0.420 bits per heavy atom. The Morgan fingerprint density at radius 3 is 1.18 bits per heavy atom. The van der Waals surface area contributed by atoms with E-state index in [9.17, 15) is 38.7 Å². The summed E-state index contributed by atoms with van der Waals surface area (Å²) >= 11 is 0. The van der Waals surface area contributed by atoms with Crippen LogP contribution in [0.15, 0.2) is 115 Å². The minimum Gasteiger partial charge on any atom is -0.496 e. The molecule has 33 N–H and O–H groups in total. The van der Waals surface area contributed by atoms with E-state index in [2.05, 4.69) is 50.8 Å². The van der Waals surface area contributed by atoms with Crippen LogP contribution in [0.2, 0.25) is 0 Å². The van der Waals surface area contributed by atoms with Gasteiger partial charge in [-0.25, -0.2) is 4.79 Å². The van der Waals surface area contributed by atoms with E-state index < -0.39 is 17.6 Å². The molecule has 36 nitrogen and oxygen atoms in total. The van der Waals surface area contributed by atoms with Crippen molar-refractivity contribution in [1.82, 2.24) is 39.2 Å². The highest BCUT2D eigenvalue weighted by Gasteiger charge is 2.41. The molecule has 13 rings (SSSR count). The van der Waals surface area contributed by atoms with Crippen molar-refractivity contribution in [3.8, 4) is 17.2 Å². The average molecular weight is 1990 g/mol. The fourth-order valence-corrected chi connectivity index (χ4v) is 20.9. The van der Waals surface area contributed by atoms with Crippen LogP contribution in [0.25, 0.3) is 0 Å². The molecule has 3 unspecified atom stereocenters. The van der Waals surface area contributed by atoms with Crippen molar-refractivity contribution in [2.75, 3.05) is 146 Å². The number of hydrogen-bond acceptors (Lipinski definition) is 32. The van der Waals surface area contributed by atoms with E-state index in [1.54, 1.807) is 79.0 Å². The summed E-state index contributed by atoms with van der Waals surface area (Å²) < 4.78 is 21.4. The highest BCUT2D eigenvalue weighted by atomic mass is 16.6. The zero-order chi connectivity index (χ0) is 105. The first-order chi connectivity index (χ1) is 67.9. The number of nitrogens with two attached hydrogens (primary N) is 16. The maximum absolute atomic E-state index is 13.1. The third-order valence-electron chi connectivity index (χ3n) is 28.0. The molecule has 0 bridgehead atoms. The van der Waals surface area contributed by atoms with E-state index in [1.165, 1.54) is 16.7 Å². The summed E-state index contributed by atoms with van der Waals surface area (Å²) in [6.07, 6.45) is 13.8. The lowest BCUT2D eigenvalue weighted by atomic mass is 9.90. The molecule has 8 aliphatic rings. The predicted octanol–water partition coefficient (Wildman–Crippen LogP) is 3.07. The Balaban J connectivity index is 0.000000214. The minimum atomic E-state index is -0.581. The number of piperidine rings is 8. The van der Waals surface area contributed by atoms with Gasteiger partial charge in [-0.1, -0.05) is 117 Å². The summed E-state index contributed by atoms with van der Waals surface area (Å²) in [5.41, 5.74) is 103. The average Bonchev–Trinajstić information content (AvgIpc) is 0.800. The van der Waals surface area contributed by atoms with Gasteiger partial charge in [0.1, 0.15) is 17.1 Å². The molecule has 8 saturated heterocycles. The molecule has 0 aliphatic carbocycles. The molecule has 5 aromatic carbocycles. The number of ether oxygens (including phenoxy) is 4. The molecular formula is C107H180N24O12. The summed E-state index contributed by atoms with van der Waals surface area (Å²) in [6.45, 7) is 26.6. The first-order valence-electron chi connectivity index (χ1n) is 52.0. The fourth-order valence-electron chi connectivity index (χ4n) is 20.9. The van der Waals surface area contributed by atoms with E-state index in [4.69, 9.17) is 111 Å². The van der Waals surface area contributed by atoms with Crippen LogP contribution in [0.1, 0.15) is 204 Å². The van der Waals surface area contributed by atoms with E-state index in [0.29, 0.717) is 114 Å². The number of likely N-dealkylation sites (tertiary alicyclic amines) is 8. The van der Waals surface area contributed by atoms with Crippen LogP contribution in [-0.4, -0.2) is 339 Å². The number of aliphatic hydroxyl groups excluding tert-OH is 1. The summed E-state index contributed by atoms with van der Waals surface area (Å²) in [6, 6.07) is 37.6. The van der Waals surface area contributed by atoms with Gasteiger partial charge in [0.2, 0.25) is 17.7 Å². The maximum Gasteiger partial charge on any atom is 0.410 e. The van der Waals surface area contributed by atoms with E-state index in [0.717, 1.165) is 183 Å². The quantitative estimate of drug-likeness (QED) is 0.0217. The van der Waals surface area contributed by atoms with Crippen LogP contribution in [0.5, 0.6) is 17.2 Å². The smallest absolute Gasteiger partial charge is 0.410 e. The van der Waals surface area contributed by atoms with Crippen LogP contribution < -0.4 is 106 Å².